The van der Waals surface area contributed by atoms with E-state index in [1.165, 1.54) is 30.6 Å². The number of nitrogens with zero attached hydrogens (tertiary/aromatic N) is 2. The summed E-state index contributed by atoms with van der Waals surface area (Å²) in [6, 6.07) is 17.2. The van der Waals surface area contributed by atoms with Crippen molar-refractivity contribution in [1.82, 2.24) is 4.98 Å². The van der Waals surface area contributed by atoms with Crippen LogP contribution in [-0.2, 0) is 10.0 Å². The van der Waals surface area contributed by atoms with Gasteiger partial charge < -0.3 is 14.8 Å². The average Bonchev–Trinajstić information content (AvgIpc) is 2.77. The Morgan fingerprint density at radius 3 is 2.38 bits per heavy atom. The molecule has 7 nitrogen and oxygen atoms in total. The molecule has 1 heterocycles. The van der Waals surface area contributed by atoms with Crippen molar-refractivity contribution in [3.05, 3.63) is 73.1 Å². The maximum absolute atomic E-state index is 13.1. The van der Waals surface area contributed by atoms with E-state index in [9.17, 15) is 8.42 Å². The van der Waals surface area contributed by atoms with Crippen molar-refractivity contribution in [3.63, 3.8) is 0 Å². The SMILES string of the molecule is COc1cc(OCCNc2ccncc2)cc(S(=O)(=O)N(C)c2ccccc2)c1. The maximum atomic E-state index is 13.1. The summed E-state index contributed by atoms with van der Waals surface area (Å²) in [6.45, 7) is 0.900. The van der Waals surface area contributed by atoms with Crippen LogP contribution in [0.3, 0.4) is 0 Å². The van der Waals surface area contributed by atoms with Gasteiger partial charge in [0.2, 0.25) is 0 Å². The largest absolute Gasteiger partial charge is 0.497 e. The van der Waals surface area contributed by atoms with Gasteiger partial charge in [-0.2, -0.15) is 0 Å². The second-order valence-electron chi connectivity index (χ2n) is 6.16. The van der Waals surface area contributed by atoms with Gasteiger partial charge in [-0.3, -0.25) is 9.29 Å². The van der Waals surface area contributed by atoms with Crippen molar-refractivity contribution < 1.29 is 17.9 Å². The van der Waals surface area contributed by atoms with Crippen LogP contribution in [0.2, 0.25) is 0 Å². The van der Waals surface area contributed by atoms with Crippen LogP contribution in [-0.4, -0.2) is 40.7 Å². The lowest BCUT2D eigenvalue weighted by atomic mass is 10.3. The highest BCUT2D eigenvalue weighted by molar-refractivity contribution is 7.92. The lowest BCUT2D eigenvalue weighted by Crippen LogP contribution is -2.26. The molecular formula is C21H23N3O4S. The summed E-state index contributed by atoms with van der Waals surface area (Å²) in [5.41, 5.74) is 1.50. The predicted molar refractivity (Wildman–Crippen MR) is 113 cm³/mol. The van der Waals surface area contributed by atoms with Gasteiger partial charge in [-0.05, 0) is 24.3 Å². The first kappa shape index (κ1) is 20.5. The van der Waals surface area contributed by atoms with Crippen LogP contribution in [0.25, 0.3) is 0 Å². The molecule has 0 radical (unpaired) electrons. The normalized spacial score (nSPS) is 11.0. The summed E-state index contributed by atoms with van der Waals surface area (Å²) in [5.74, 6) is 0.825. The number of methoxy groups -OCH3 is 1. The van der Waals surface area contributed by atoms with Gasteiger partial charge in [0.25, 0.3) is 10.0 Å². The number of rotatable bonds is 9. The Balaban J connectivity index is 1.74. The van der Waals surface area contributed by atoms with Crippen LogP contribution in [0.15, 0.2) is 78.0 Å². The fourth-order valence-electron chi connectivity index (χ4n) is 2.66. The summed E-state index contributed by atoms with van der Waals surface area (Å²) in [4.78, 5) is 4.06. The first-order chi connectivity index (χ1) is 14.0. The Morgan fingerprint density at radius 1 is 1.00 bits per heavy atom. The third-order valence-electron chi connectivity index (χ3n) is 4.25. The number of ether oxygens (including phenoxy) is 2. The van der Waals surface area contributed by atoms with Crippen molar-refractivity contribution >= 4 is 21.4 Å². The number of pyridine rings is 1. The van der Waals surface area contributed by atoms with Crippen LogP contribution in [0, 0.1) is 0 Å². The summed E-state index contributed by atoms with van der Waals surface area (Å²) < 4.78 is 38.4. The number of nitrogens with one attached hydrogen (secondary N) is 1. The zero-order chi connectivity index (χ0) is 20.7. The van der Waals surface area contributed by atoms with Gasteiger partial charge >= 0.3 is 0 Å². The molecule has 0 spiro atoms. The summed E-state index contributed by atoms with van der Waals surface area (Å²) in [5, 5.41) is 3.21. The minimum atomic E-state index is -3.77. The quantitative estimate of drug-likeness (QED) is 0.542. The molecule has 0 amide bonds. The fraction of sp³-hybridized carbons (Fsp3) is 0.190. The molecule has 0 atom stereocenters. The molecule has 1 N–H and O–H groups in total. The molecule has 0 aliphatic carbocycles. The molecule has 29 heavy (non-hydrogen) atoms. The first-order valence-corrected chi connectivity index (χ1v) is 10.4. The summed E-state index contributed by atoms with van der Waals surface area (Å²) >= 11 is 0. The van der Waals surface area contributed by atoms with Crippen LogP contribution in [0.4, 0.5) is 11.4 Å². The Labute approximate surface area is 171 Å². The predicted octanol–water partition coefficient (Wildman–Crippen LogP) is 3.41. The molecule has 3 rings (SSSR count). The first-order valence-electron chi connectivity index (χ1n) is 9.00. The minimum absolute atomic E-state index is 0.0975. The molecule has 0 fully saturated rings. The van der Waals surface area contributed by atoms with Gasteiger partial charge in [-0.25, -0.2) is 8.42 Å². The van der Waals surface area contributed by atoms with E-state index in [1.54, 1.807) is 42.7 Å². The van der Waals surface area contributed by atoms with Crippen molar-refractivity contribution in [2.45, 2.75) is 4.90 Å². The van der Waals surface area contributed by atoms with Gasteiger partial charge in [0, 0.05) is 49.9 Å². The Morgan fingerprint density at radius 2 is 1.69 bits per heavy atom. The number of benzene rings is 2. The van der Waals surface area contributed by atoms with Crippen LogP contribution in [0.1, 0.15) is 0 Å². The van der Waals surface area contributed by atoms with Crippen LogP contribution >= 0.6 is 0 Å². The Hall–Kier alpha value is -3.26. The third kappa shape index (κ3) is 5.17. The van der Waals surface area contributed by atoms with E-state index in [0.29, 0.717) is 30.3 Å². The van der Waals surface area contributed by atoms with Crippen molar-refractivity contribution in [2.24, 2.45) is 0 Å². The van der Waals surface area contributed by atoms with Gasteiger partial charge in [0.15, 0.2) is 0 Å². The number of sulfonamides is 1. The minimum Gasteiger partial charge on any atom is -0.497 e. The summed E-state index contributed by atoms with van der Waals surface area (Å²) in [7, 11) is -0.765. The molecular weight excluding hydrogens is 390 g/mol. The molecule has 152 valence electrons. The highest BCUT2D eigenvalue weighted by Crippen LogP contribution is 2.29. The molecule has 0 saturated heterocycles. The lowest BCUT2D eigenvalue weighted by molar-refractivity contribution is 0.328. The Bertz CT molecular complexity index is 1030. The molecule has 0 bridgehead atoms. The van der Waals surface area contributed by atoms with E-state index in [4.69, 9.17) is 9.47 Å². The maximum Gasteiger partial charge on any atom is 0.264 e. The number of anilines is 2. The molecule has 3 aromatic rings. The monoisotopic (exact) mass is 413 g/mol. The molecule has 0 saturated carbocycles. The third-order valence-corrected chi connectivity index (χ3v) is 6.01. The van der Waals surface area contributed by atoms with Crippen LogP contribution < -0.4 is 19.1 Å². The second-order valence-corrected chi connectivity index (χ2v) is 8.13. The standard InChI is InChI=1S/C21H23N3O4S/c1-24(18-6-4-3-5-7-18)29(25,26)21-15-19(27-2)14-20(16-21)28-13-12-23-17-8-10-22-11-9-17/h3-11,14-16H,12-13H2,1-2H3,(H,22,23). The topological polar surface area (TPSA) is 80.8 Å². The zero-order valence-electron chi connectivity index (χ0n) is 16.3. The lowest BCUT2D eigenvalue weighted by Gasteiger charge is -2.20. The highest BCUT2D eigenvalue weighted by atomic mass is 32.2. The van der Waals surface area contributed by atoms with E-state index in [0.717, 1.165) is 5.69 Å². The molecule has 2 aromatic carbocycles. The number of aromatic nitrogens is 1. The van der Waals surface area contributed by atoms with E-state index in [1.807, 2.05) is 18.2 Å². The van der Waals surface area contributed by atoms with E-state index in [2.05, 4.69) is 10.3 Å². The average molecular weight is 413 g/mol. The fourth-order valence-corrected chi connectivity index (χ4v) is 3.91. The summed E-state index contributed by atoms with van der Waals surface area (Å²) in [6.07, 6.45) is 3.40. The van der Waals surface area contributed by atoms with Gasteiger partial charge in [0.05, 0.1) is 17.7 Å². The molecule has 0 aliphatic rings. The van der Waals surface area contributed by atoms with E-state index < -0.39 is 10.0 Å². The van der Waals surface area contributed by atoms with Crippen molar-refractivity contribution in [3.8, 4) is 11.5 Å². The van der Waals surface area contributed by atoms with Gasteiger partial charge in [-0.1, -0.05) is 18.2 Å². The van der Waals surface area contributed by atoms with Crippen molar-refractivity contribution in [1.29, 1.82) is 0 Å². The number of hydrogen-bond acceptors (Lipinski definition) is 6. The zero-order valence-corrected chi connectivity index (χ0v) is 17.1. The van der Waals surface area contributed by atoms with Crippen LogP contribution in [0.5, 0.6) is 11.5 Å². The second kappa shape index (κ2) is 9.29. The molecule has 8 heteroatoms. The van der Waals surface area contributed by atoms with Crippen molar-refractivity contribution in [2.75, 3.05) is 36.9 Å². The smallest absolute Gasteiger partial charge is 0.264 e. The molecule has 0 unspecified atom stereocenters. The number of para-hydroxylation sites is 1. The molecule has 0 aliphatic heterocycles. The van der Waals surface area contributed by atoms with Gasteiger partial charge in [-0.15, -0.1) is 0 Å². The Kier molecular flexibility index (Phi) is 6.56. The highest BCUT2D eigenvalue weighted by Gasteiger charge is 2.23. The van der Waals surface area contributed by atoms with E-state index in [-0.39, 0.29) is 4.90 Å². The number of hydrogen-bond donors (Lipinski definition) is 1. The molecule has 1 aromatic heterocycles. The van der Waals surface area contributed by atoms with Gasteiger partial charge in [0.1, 0.15) is 18.1 Å². The van der Waals surface area contributed by atoms with E-state index >= 15 is 0 Å².